The summed E-state index contributed by atoms with van der Waals surface area (Å²) in [7, 11) is 0. The number of carboxylic acids is 1. The quantitative estimate of drug-likeness (QED) is 0.644. The van der Waals surface area contributed by atoms with E-state index < -0.39 is 35.3 Å². The Morgan fingerprint density at radius 2 is 1.86 bits per heavy atom. The van der Waals surface area contributed by atoms with Crippen molar-refractivity contribution >= 4 is 5.97 Å². The Hall–Kier alpha value is -1.53. The first-order valence-corrected chi connectivity index (χ1v) is 3.64. The minimum absolute atomic E-state index is 0.405. The molecule has 0 radical (unpaired) electrons. The number of nitrogens with one attached hydrogen (secondary N) is 1. The summed E-state index contributed by atoms with van der Waals surface area (Å²) < 4.78 is 26.0. The summed E-state index contributed by atoms with van der Waals surface area (Å²) in [6, 6.07) is 1.39. The summed E-state index contributed by atoms with van der Waals surface area (Å²) in [5, 5.41) is 16.7. The van der Waals surface area contributed by atoms with Crippen LogP contribution in [0.1, 0.15) is 15.9 Å². The normalized spacial score (nSPS) is 10.2. The van der Waals surface area contributed by atoms with E-state index in [2.05, 4.69) is 0 Å². The number of benzene rings is 1. The molecule has 0 saturated heterocycles. The molecule has 0 fully saturated rings. The van der Waals surface area contributed by atoms with Crippen LogP contribution in [0, 0.1) is 11.6 Å². The Morgan fingerprint density at radius 1 is 1.36 bits per heavy atom. The Labute approximate surface area is 77.7 Å². The van der Waals surface area contributed by atoms with Crippen LogP contribution in [0.2, 0.25) is 0 Å². The van der Waals surface area contributed by atoms with Crippen molar-refractivity contribution < 1.29 is 23.9 Å². The molecule has 14 heavy (non-hydrogen) atoms. The van der Waals surface area contributed by atoms with E-state index in [0.29, 0.717) is 12.1 Å². The van der Waals surface area contributed by atoms with Crippen LogP contribution < -0.4 is 5.48 Å². The molecule has 6 heteroatoms. The van der Waals surface area contributed by atoms with Gasteiger partial charge in [0.1, 0.15) is 11.6 Å². The van der Waals surface area contributed by atoms with Gasteiger partial charge in [0.05, 0.1) is 12.1 Å². The fourth-order valence-electron chi connectivity index (χ4n) is 0.974. The number of carbonyl (C=O) groups is 1. The topological polar surface area (TPSA) is 69.6 Å². The third-order valence-corrected chi connectivity index (χ3v) is 1.64. The summed E-state index contributed by atoms with van der Waals surface area (Å²) in [5.74, 6) is -3.43. The maximum Gasteiger partial charge on any atom is 0.335 e. The van der Waals surface area contributed by atoms with Gasteiger partial charge >= 0.3 is 5.97 Å². The molecule has 0 heterocycles. The second kappa shape index (κ2) is 4.12. The number of aromatic carboxylic acids is 1. The van der Waals surface area contributed by atoms with E-state index in [1.54, 1.807) is 5.48 Å². The molecule has 0 spiro atoms. The number of hydrogen-bond acceptors (Lipinski definition) is 3. The summed E-state index contributed by atoms with van der Waals surface area (Å²) in [6.07, 6.45) is 0. The maximum atomic E-state index is 13.0. The van der Waals surface area contributed by atoms with Gasteiger partial charge in [-0.3, -0.25) is 0 Å². The molecular weight excluding hydrogens is 196 g/mol. The van der Waals surface area contributed by atoms with Crippen LogP contribution >= 0.6 is 0 Å². The molecule has 3 N–H and O–H groups in total. The van der Waals surface area contributed by atoms with Crippen LogP contribution in [0.15, 0.2) is 12.1 Å². The molecule has 1 rings (SSSR count). The third-order valence-electron chi connectivity index (χ3n) is 1.64. The molecule has 0 atom stereocenters. The predicted molar refractivity (Wildman–Crippen MR) is 41.9 cm³/mol. The van der Waals surface area contributed by atoms with Crippen LogP contribution in [0.5, 0.6) is 0 Å². The molecule has 4 nitrogen and oxygen atoms in total. The lowest BCUT2D eigenvalue weighted by Gasteiger charge is -2.04. The van der Waals surface area contributed by atoms with Crippen molar-refractivity contribution in [3.63, 3.8) is 0 Å². The molecule has 0 aliphatic carbocycles. The van der Waals surface area contributed by atoms with Gasteiger partial charge in [-0.05, 0) is 12.1 Å². The van der Waals surface area contributed by atoms with Gasteiger partial charge < -0.3 is 10.3 Å². The fraction of sp³-hybridized carbons (Fsp3) is 0.125. The lowest BCUT2D eigenvalue weighted by molar-refractivity contribution is 0.0695. The van der Waals surface area contributed by atoms with Crippen molar-refractivity contribution in [2.75, 3.05) is 0 Å². The van der Waals surface area contributed by atoms with E-state index in [9.17, 15) is 13.6 Å². The minimum atomic E-state index is -1.41. The van der Waals surface area contributed by atoms with E-state index in [4.69, 9.17) is 10.3 Å². The van der Waals surface area contributed by atoms with Crippen LogP contribution in [0.3, 0.4) is 0 Å². The molecule has 0 amide bonds. The molecule has 1 aromatic rings. The molecule has 0 aromatic heterocycles. The summed E-state index contributed by atoms with van der Waals surface area (Å²) >= 11 is 0. The van der Waals surface area contributed by atoms with Crippen molar-refractivity contribution in [2.24, 2.45) is 0 Å². The first-order valence-electron chi connectivity index (χ1n) is 3.64. The van der Waals surface area contributed by atoms with Crippen molar-refractivity contribution in [1.82, 2.24) is 5.48 Å². The second-order valence-electron chi connectivity index (χ2n) is 2.56. The molecule has 0 aliphatic heterocycles. The first-order chi connectivity index (χ1) is 6.56. The predicted octanol–water partition coefficient (Wildman–Crippen LogP) is 1.14. The van der Waals surface area contributed by atoms with E-state index in [0.717, 1.165) is 0 Å². The second-order valence-corrected chi connectivity index (χ2v) is 2.56. The van der Waals surface area contributed by atoms with Crippen molar-refractivity contribution in [3.05, 3.63) is 34.9 Å². The molecular formula is C8H7F2NO3. The Bertz CT molecular complexity index is 345. The third kappa shape index (κ3) is 2.04. The van der Waals surface area contributed by atoms with E-state index >= 15 is 0 Å². The number of rotatable bonds is 3. The number of carboxylic acid groups (broad SMARTS) is 1. The Morgan fingerprint density at radius 3 is 2.21 bits per heavy atom. The molecule has 0 aliphatic rings. The molecule has 1 aromatic carbocycles. The summed E-state index contributed by atoms with van der Waals surface area (Å²) in [4.78, 5) is 10.4. The zero-order chi connectivity index (χ0) is 10.7. The lowest BCUT2D eigenvalue weighted by Crippen LogP contribution is -2.11. The smallest absolute Gasteiger partial charge is 0.335 e. The highest BCUT2D eigenvalue weighted by Crippen LogP contribution is 2.15. The number of hydroxylamine groups is 1. The van der Waals surface area contributed by atoms with Crippen molar-refractivity contribution in [2.45, 2.75) is 6.54 Å². The van der Waals surface area contributed by atoms with Crippen LogP contribution in [0.4, 0.5) is 8.78 Å². The van der Waals surface area contributed by atoms with Gasteiger partial charge in [0.2, 0.25) is 0 Å². The summed E-state index contributed by atoms with van der Waals surface area (Å²) in [6.45, 7) is -0.419. The van der Waals surface area contributed by atoms with E-state index in [1.165, 1.54) is 0 Å². The van der Waals surface area contributed by atoms with E-state index in [1.807, 2.05) is 0 Å². The van der Waals surface area contributed by atoms with Gasteiger partial charge in [-0.15, -0.1) is 0 Å². The highest BCUT2D eigenvalue weighted by Gasteiger charge is 2.13. The van der Waals surface area contributed by atoms with Crippen molar-refractivity contribution in [1.29, 1.82) is 0 Å². The van der Waals surface area contributed by atoms with Crippen LogP contribution in [-0.2, 0) is 6.54 Å². The largest absolute Gasteiger partial charge is 0.478 e. The SMILES string of the molecule is O=C(O)c1cc(F)c(CNO)c(F)c1. The van der Waals surface area contributed by atoms with Crippen LogP contribution in [0.25, 0.3) is 0 Å². The number of hydrogen-bond donors (Lipinski definition) is 3. The fourth-order valence-corrected chi connectivity index (χ4v) is 0.974. The average Bonchev–Trinajstić information content (AvgIpc) is 2.10. The molecule has 0 bridgehead atoms. The zero-order valence-corrected chi connectivity index (χ0v) is 6.92. The minimum Gasteiger partial charge on any atom is -0.478 e. The molecule has 0 unspecified atom stereocenters. The van der Waals surface area contributed by atoms with Gasteiger partial charge in [-0.1, -0.05) is 0 Å². The average molecular weight is 203 g/mol. The standard InChI is InChI=1S/C8H7F2NO3/c9-6-1-4(8(12)13)2-7(10)5(6)3-11-14/h1-2,11,14H,3H2,(H,12,13). The highest BCUT2D eigenvalue weighted by molar-refractivity contribution is 5.87. The van der Waals surface area contributed by atoms with Crippen molar-refractivity contribution in [3.8, 4) is 0 Å². The van der Waals surface area contributed by atoms with Gasteiger partial charge in [-0.2, -0.15) is 0 Å². The van der Waals surface area contributed by atoms with Gasteiger partial charge in [0.25, 0.3) is 0 Å². The van der Waals surface area contributed by atoms with Gasteiger partial charge in [-0.25, -0.2) is 19.1 Å². The lowest BCUT2D eigenvalue weighted by atomic mass is 10.1. The van der Waals surface area contributed by atoms with Crippen LogP contribution in [-0.4, -0.2) is 16.3 Å². The number of halogens is 2. The highest BCUT2D eigenvalue weighted by atomic mass is 19.1. The van der Waals surface area contributed by atoms with Gasteiger partial charge in [0, 0.05) is 5.56 Å². The van der Waals surface area contributed by atoms with Gasteiger partial charge in [0.15, 0.2) is 0 Å². The zero-order valence-electron chi connectivity index (χ0n) is 6.92. The Balaban J connectivity index is 3.18. The molecule has 0 saturated carbocycles. The summed E-state index contributed by atoms with van der Waals surface area (Å²) in [5.41, 5.74) is 0.711. The maximum absolute atomic E-state index is 13.0. The van der Waals surface area contributed by atoms with E-state index in [-0.39, 0.29) is 0 Å². The Kier molecular flexibility index (Phi) is 3.10. The molecule has 76 valence electrons. The first kappa shape index (κ1) is 10.6. The monoisotopic (exact) mass is 203 g/mol.